The van der Waals surface area contributed by atoms with Crippen LogP contribution < -0.4 is 5.32 Å². The first-order valence-corrected chi connectivity index (χ1v) is 15.9. The highest BCUT2D eigenvalue weighted by Gasteiger charge is 2.70. The van der Waals surface area contributed by atoms with Gasteiger partial charge in [0.2, 0.25) is 0 Å². The van der Waals surface area contributed by atoms with Crippen LogP contribution in [0.25, 0.3) is 0 Å². The van der Waals surface area contributed by atoms with E-state index < -0.39 is 0 Å². The van der Waals surface area contributed by atoms with Gasteiger partial charge in [0.15, 0.2) is 5.78 Å². The first-order chi connectivity index (χ1) is 18.7. The molecule has 0 radical (unpaired) electrons. The lowest BCUT2D eigenvalue weighted by atomic mass is 9.34. The third-order valence-corrected chi connectivity index (χ3v) is 14.0. The summed E-state index contributed by atoms with van der Waals surface area (Å²) in [5.74, 6) is 2.15. The standard InChI is InChI=1S/C34H49N3O3/c1-29(2)10-12-34(20-37-15-14-35-28(37)39)13-11-33(7)26(22(34)18-29)23(38)16-25-31(5)17-21-19-36-40-27(21)30(3,4)24(31)8-9-32(25,33)6/h16,19,22,24,26H,8-15,17-18,20H2,1-7H3,(H,35,39)/t22-,24-,26-,31-,32+,33+,34+/m0/s1. The lowest BCUT2D eigenvalue weighted by Crippen LogP contribution is -2.66. The average molecular weight is 548 g/mol. The fourth-order valence-corrected chi connectivity index (χ4v) is 11.7. The molecule has 0 bridgehead atoms. The van der Waals surface area contributed by atoms with Crippen molar-refractivity contribution in [3.63, 3.8) is 0 Å². The van der Waals surface area contributed by atoms with Crippen LogP contribution in [0.4, 0.5) is 4.79 Å². The summed E-state index contributed by atoms with van der Waals surface area (Å²) in [5.41, 5.74) is 2.54. The zero-order chi connectivity index (χ0) is 28.5. The van der Waals surface area contributed by atoms with E-state index in [1.165, 1.54) is 17.6 Å². The molecule has 40 heavy (non-hydrogen) atoms. The van der Waals surface area contributed by atoms with Gasteiger partial charge in [-0.1, -0.05) is 59.2 Å². The summed E-state index contributed by atoms with van der Waals surface area (Å²) in [4.78, 5) is 29.5. The largest absolute Gasteiger partial charge is 0.361 e. The van der Waals surface area contributed by atoms with E-state index in [1.807, 2.05) is 6.20 Å². The molecule has 1 N–H and O–H groups in total. The second kappa shape index (κ2) is 8.04. The molecular weight excluding hydrogens is 498 g/mol. The van der Waals surface area contributed by atoms with Gasteiger partial charge in [-0.05, 0) is 96.4 Å². The minimum Gasteiger partial charge on any atom is -0.361 e. The van der Waals surface area contributed by atoms with E-state index in [4.69, 9.17) is 4.52 Å². The first kappa shape index (κ1) is 26.8. The van der Waals surface area contributed by atoms with Gasteiger partial charge >= 0.3 is 6.03 Å². The lowest BCUT2D eigenvalue weighted by Gasteiger charge is -2.70. The zero-order valence-electron chi connectivity index (χ0n) is 25.8. The summed E-state index contributed by atoms with van der Waals surface area (Å²) in [6, 6.07) is 0.0784. The Labute approximate surface area is 240 Å². The highest BCUT2D eigenvalue weighted by Crippen LogP contribution is 2.74. The molecule has 0 aromatic carbocycles. The van der Waals surface area contributed by atoms with Gasteiger partial charge in [0.1, 0.15) is 5.76 Å². The molecule has 2 amide bonds. The van der Waals surface area contributed by atoms with Gasteiger partial charge in [0.25, 0.3) is 0 Å². The van der Waals surface area contributed by atoms with Crippen LogP contribution in [-0.4, -0.2) is 41.5 Å². The Morgan fingerprint density at radius 2 is 1.77 bits per heavy atom. The van der Waals surface area contributed by atoms with Crippen molar-refractivity contribution >= 4 is 11.8 Å². The van der Waals surface area contributed by atoms with Crippen LogP contribution in [0.2, 0.25) is 0 Å². The van der Waals surface area contributed by atoms with Crippen molar-refractivity contribution in [2.75, 3.05) is 19.6 Å². The molecule has 6 nitrogen and oxygen atoms in total. The molecule has 0 unspecified atom stereocenters. The number of nitrogens with one attached hydrogen (secondary N) is 1. The van der Waals surface area contributed by atoms with E-state index in [0.29, 0.717) is 17.6 Å². The summed E-state index contributed by atoms with van der Waals surface area (Å²) in [6.45, 7) is 19.2. The fourth-order valence-electron chi connectivity index (χ4n) is 11.7. The number of rotatable bonds is 2. The number of fused-ring (bicyclic) bond motifs is 8. The number of allylic oxidation sites excluding steroid dienone is 2. The number of hydrogen-bond acceptors (Lipinski definition) is 4. The minimum atomic E-state index is -0.118. The number of aromatic nitrogens is 1. The van der Waals surface area contributed by atoms with E-state index in [0.717, 1.165) is 70.3 Å². The highest BCUT2D eigenvalue weighted by atomic mass is 16.5. The van der Waals surface area contributed by atoms with Gasteiger partial charge in [-0.15, -0.1) is 0 Å². The van der Waals surface area contributed by atoms with Crippen molar-refractivity contribution < 1.29 is 14.1 Å². The number of ketones is 1. The minimum absolute atomic E-state index is 0.0168. The van der Waals surface area contributed by atoms with Gasteiger partial charge in [0.05, 0.1) is 6.20 Å². The second-order valence-electron chi connectivity index (χ2n) is 16.8. The number of carbonyl (C=O) groups excluding carboxylic acids is 2. The number of carbonyl (C=O) groups is 2. The smallest absolute Gasteiger partial charge is 0.317 e. The average Bonchev–Trinajstić information content (AvgIpc) is 3.50. The van der Waals surface area contributed by atoms with Crippen molar-refractivity contribution in [2.45, 2.75) is 105 Å². The summed E-state index contributed by atoms with van der Waals surface area (Å²) in [7, 11) is 0. The molecule has 1 aromatic rings. The molecule has 6 heteroatoms. The van der Waals surface area contributed by atoms with E-state index in [-0.39, 0.29) is 44.4 Å². The molecule has 1 saturated heterocycles. The molecule has 1 aliphatic heterocycles. The lowest BCUT2D eigenvalue weighted by molar-refractivity contribution is -0.173. The van der Waals surface area contributed by atoms with Crippen molar-refractivity contribution in [1.29, 1.82) is 0 Å². The van der Waals surface area contributed by atoms with Crippen LogP contribution in [0.1, 0.15) is 105 Å². The van der Waals surface area contributed by atoms with Gasteiger partial charge < -0.3 is 14.7 Å². The number of amides is 2. The molecule has 7 atom stereocenters. The third-order valence-electron chi connectivity index (χ3n) is 14.0. The normalized spacial score (nSPS) is 44.9. The number of nitrogens with zero attached hydrogens (tertiary/aromatic N) is 2. The maximum absolute atomic E-state index is 14.7. The van der Waals surface area contributed by atoms with Crippen LogP contribution in [0.3, 0.4) is 0 Å². The highest BCUT2D eigenvalue weighted by molar-refractivity contribution is 5.95. The maximum atomic E-state index is 14.7. The molecule has 2 heterocycles. The molecule has 4 fully saturated rings. The number of urea groups is 1. The van der Waals surface area contributed by atoms with Gasteiger partial charge in [0, 0.05) is 36.5 Å². The summed E-state index contributed by atoms with van der Waals surface area (Å²) in [5, 5.41) is 7.25. The quantitative estimate of drug-likeness (QED) is 0.447. The maximum Gasteiger partial charge on any atom is 0.317 e. The van der Waals surface area contributed by atoms with Gasteiger partial charge in [-0.25, -0.2) is 4.79 Å². The topological polar surface area (TPSA) is 75.4 Å². The zero-order valence-corrected chi connectivity index (χ0v) is 25.8. The van der Waals surface area contributed by atoms with Crippen molar-refractivity contribution in [2.24, 2.45) is 44.8 Å². The Morgan fingerprint density at radius 3 is 2.50 bits per heavy atom. The van der Waals surface area contributed by atoms with Crippen LogP contribution in [0.5, 0.6) is 0 Å². The van der Waals surface area contributed by atoms with Crippen LogP contribution in [0.15, 0.2) is 22.4 Å². The molecule has 6 aliphatic rings. The Hall–Kier alpha value is -2.11. The fraction of sp³-hybridized carbons (Fsp3) is 0.794. The monoisotopic (exact) mass is 547 g/mol. The Balaban J connectivity index is 1.34. The van der Waals surface area contributed by atoms with Crippen LogP contribution in [0, 0.1) is 44.8 Å². The van der Waals surface area contributed by atoms with Crippen LogP contribution >= 0.6 is 0 Å². The molecule has 1 aromatic heterocycles. The Morgan fingerprint density at radius 1 is 1.02 bits per heavy atom. The molecular formula is C34H49N3O3. The number of hydrogen-bond donors (Lipinski definition) is 1. The molecule has 5 aliphatic carbocycles. The predicted molar refractivity (Wildman–Crippen MR) is 155 cm³/mol. The second-order valence-corrected chi connectivity index (χ2v) is 16.8. The Kier molecular flexibility index (Phi) is 5.38. The van der Waals surface area contributed by atoms with Crippen molar-refractivity contribution in [3.8, 4) is 0 Å². The molecule has 3 saturated carbocycles. The van der Waals surface area contributed by atoms with Crippen molar-refractivity contribution in [3.05, 3.63) is 29.2 Å². The first-order valence-electron chi connectivity index (χ1n) is 15.9. The molecule has 218 valence electrons. The SMILES string of the molecule is CC1(C)CC[C@]2(CN3CCNC3=O)CC[C@]3(C)[C@H](C(=O)C=C4[C@@]5(C)Cc6cnoc6C(C)(C)[C@@H]5CC[C@]43C)[C@@H]2C1. The van der Waals surface area contributed by atoms with Crippen molar-refractivity contribution in [1.82, 2.24) is 15.4 Å². The summed E-state index contributed by atoms with van der Waals surface area (Å²) >= 11 is 0. The van der Waals surface area contributed by atoms with E-state index in [2.05, 4.69) is 69.9 Å². The van der Waals surface area contributed by atoms with E-state index in [1.54, 1.807) is 0 Å². The van der Waals surface area contributed by atoms with E-state index in [9.17, 15) is 9.59 Å². The van der Waals surface area contributed by atoms with Gasteiger partial charge in [-0.2, -0.15) is 0 Å². The third kappa shape index (κ3) is 3.25. The molecule has 0 spiro atoms. The summed E-state index contributed by atoms with van der Waals surface area (Å²) < 4.78 is 5.84. The predicted octanol–water partition coefficient (Wildman–Crippen LogP) is 6.69. The molecule has 7 rings (SSSR count). The van der Waals surface area contributed by atoms with E-state index >= 15 is 0 Å². The summed E-state index contributed by atoms with van der Waals surface area (Å²) in [6.07, 6.45) is 12.8. The van der Waals surface area contributed by atoms with Gasteiger partial charge in [-0.3, -0.25) is 4.79 Å². The Bertz CT molecular complexity index is 1310. The van der Waals surface area contributed by atoms with Crippen LogP contribution in [-0.2, 0) is 16.6 Å².